The number of hydrogen-bond acceptors (Lipinski definition) is 3. The van der Waals surface area contributed by atoms with Gasteiger partial charge in [-0.25, -0.2) is 0 Å². The van der Waals surface area contributed by atoms with Gasteiger partial charge in [-0.2, -0.15) is 0 Å². The summed E-state index contributed by atoms with van der Waals surface area (Å²) in [5, 5.41) is 3.46. The minimum Gasteiger partial charge on any atom is -0.492 e. The van der Waals surface area contributed by atoms with Gasteiger partial charge in [0.05, 0.1) is 0 Å². The van der Waals surface area contributed by atoms with Gasteiger partial charge < -0.3 is 10.1 Å². The summed E-state index contributed by atoms with van der Waals surface area (Å²) in [5.41, 5.74) is 1.32. The normalized spacial score (nSPS) is 19.3. The lowest BCUT2D eigenvalue weighted by Gasteiger charge is -2.15. The van der Waals surface area contributed by atoms with Crippen LogP contribution in [0.3, 0.4) is 0 Å². The number of rotatable bonds is 8. The van der Waals surface area contributed by atoms with Gasteiger partial charge in [0.2, 0.25) is 0 Å². The summed E-state index contributed by atoms with van der Waals surface area (Å²) >= 11 is 0. The second-order valence-electron chi connectivity index (χ2n) is 6.71. The van der Waals surface area contributed by atoms with Crippen LogP contribution in [0.4, 0.5) is 0 Å². The van der Waals surface area contributed by atoms with Gasteiger partial charge in [0.15, 0.2) is 0 Å². The van der Waals surface area contributed by atoms with Crippen LogP contribution in [0.25, 0.3) is 0 Å². The highest BCUT2D eigenvalue weighted by atomic mass is 16.5. The molecule has 1 aliphatic rings. The summed E-state index contributed by atoms with van der Waals surface area (Å²) in [6.45, 7) is 13.1. The van der Waals surface area contributed by atoms with Crippen molar-refractivity contribution in [3.63, 3.8) is 0 Å². The van der Waals surface area contributed by atoms with Crippen molar-refractivity contribution < 1.29 is 4.74 Å². The van der Waals surface area contributed by atoms with E-state index in [0.717, 1.165) is 37.9 Å². The Kier molecular flexibility index (Phi) is 6.52. The quantitative estimate of drug-likeness (QED) is 0.796. The average molecular weight is 290 g/mol. The van der Waals surface area contributed by atoms with Crippen LogP contribution in [0.15, 0.2) is 24.3 Å². The highest BCUT2D eigenvalue weighted by Crippen LogP contribution is 2.15. The molecule has 0 spiro atoms. The Hall–Kier alpha value is -1.06. The van der Waals surface area contributed by atoms with Crippen LogP contribution in [-0.2, 0) is 6.54 Å². The van der Waals surface area contributed by atoms with Crippen molar-refractivity contribution in [3.05, 3.63) is 29.8 Å². The lowest BCUT2D eigenvalue weighted by atomic mass is 10.2. The second kappa shape index (κ2) is 8.40. The van der Waals surface area contributed by atoms with Crippen molar-refractivity contribution in [1.82, 2.24) is 10.2 Å². The molecule has 1 aliphatic heterocycles. The van der Waals surface area contributed by atoms with Crippen molar-refractivity contribution in [3.8, 4) is 5.75 Å². The van der Waals surface area contributed by atoms with Gasteiger partial charge in [-0.05, 0) is 49.0 Å². The molecule has 0 saturated carbocycles. The molecule has 1 unspecified atom stereocenters. The van der Waals surface area contributed by atoms with Crippen molar-refractivity contribution in [2.45, 2.75) is 33.7 Å². The van der Waals surface area contributed by atoms with E-state index in [1.54, 1.807) is 0 Å². The Balaban J connectivity index is 1.65. The summed E-state index contributed by atoms with van der Waals surface area (Å²) < 4.78 is 5.84. The number of likely N-dealkylation sites (tertiary alicyclic amines) is 1. The topological polar surface area (TPSA) is 24.5 Å². The molecule has 2 rings (SSSR count). The second-order valence-corrected chi connectivity index (χ2v) is 6.71. The number of ether oxygens (including phenoxy) is 1. The van der Waals surface area contributed by atoms with E-state index in [4.69, 9.17) is 4.74 Å². The first-order valence-electron chi connectivity index (χ1n) is 8.28. The van der Waals surface area contributed by atoms with E-state index < -0.39 is 0 Å². The fourth-order valence-corrected chi connectivity index (χ4v) is 2.73. The van der Waals surface area contributed by atoms with Gasteiger partial charge >= 0.3 is 0 Å². The van der Waals surface area contributed by atoms with E-state index in [-0.39, 0.29) is 0 Å². The number of nitrogens with zero attached hydrogens (tertiary/aromatic N) is 1. The molecule has 0 amide bonds. The van der Waals surface area contributed by atoms with Crippen LogP contribution in [0.5, 0.6) is 5.75 Å². The number of nitrogens with one attached hydrogen (secondary N) is 1. The van der Waals surface area contributed by atoms with Gasteiger partial charge in [0.1, 0.15) is 12.4 Å². The van der Waals surface area contributed by atoms with Crippen LogP contribution >= 0.6 is 0 Å². The molecule has 0 aliphatic carbocycles. The molecule has 21 heavy (non-hydrogen) atoms. The maximum absolute atomic E-state index is 5.84. The predicted molar refractivity (Wildman–Crippen MR) is 88.7 cm³/mol. The fourth-order valence-electron chi connectivity index (χ4n) is 2.73. The third-order valence-electron chi connectivity index (χ3n) is 3.99. The average Bonchev–Trinajstić information content (AvgIpc) is 2.86. The first kappa shape index (κ1) is 16.3. The van der Waals surface area contributed by atoms with Crippen LogP contribution in [-0.4, -0.2) is 37.7 Å². The Morgan fingerprint density at radius 3 is 2.67 bits per heavy atom. The Morgan fingerprint density at radius 1 is 1.29 bits per heavy atom. The molecule has 1 heterocycles. The molecule has 3 nitrogen and oxygen atoms in total. The van der Waals surface area contributed by atoms with Crippen LogP contribution in [0, 0.1) is 11.8 Å². The Bertz CT molecular complexity index is 402. The SMILES string of the molecule is CC(C)CNCc1ccc(OCCN2CCC(C)C2)cc1. The molecule has 0 radical (unpaired) electrons. The largest absolute Gasteiger partial charge is 0.492 e. The highest BCUT2D eigenvalue weighted by molar-refractivity contribution is 5.27. The molecule has 1 fully saturated rings. The number of benzene rings is 1. The predicted octanol–water partition coefficient (Wildman–Crippen LogP) is 3.15. The van der Waals surface area contributed by atoms with Crippen LogP contribution < -0.4 is 10.1 Å². The number of hydrogen-bond donors (Lipinski definition) is 1. The molecule has 0 aromatic heterocycles. The first-order chi connectivity index (χ1) is 10.1. The van der Waals surface area contributed by atoms with E-state index in [1.807, 2.05) is 0 Å². The maximum Gasteiger partial charge on any atom is 0.119 e. The molecule has 3 heteroatoms. The minimum absolute atomic E-state index is 0.695. The molecule has 1 N–H and O–H groups in total. The third kappa shape index (κ3) is 6.06. The molecule has 1 saturated heterocycles. The summed E-state index contributed by atoms with van der Waals surface area (Å²) in [5.74, 6) is 2.53. The van der Waals surface area contributed by atoms with E-state index in [1.165, 1.54) is 25.1 Å². The minimum atomic E-state index is 0.695. The van der Waals surface area contributed by atoms with Crippen LogP contribution in [0.2, 0.25) is 0 Å². The lowest BCUT2D eigenvalue weighted by Crippen LogP contribution is -2.25. The van der Waals surface area contributed by atoms with Gasteiger partial charge in [0.25, 0.3) is 0 Å². The summed E-state index contributed by atoms with van der Waals surface area (Å²) in [7, 11) is 0. The monoisotopic (exact) mass is 290 g/mol. The molecule has 118 valence electrons. The zero-order chi connectivity index (χ0) is 15.1. The molecule has 1 aromatic rings. The van der Waals surface area contributed by atoms with Crippen molar-refractivity contribution in [2.24, 2.45) is 11.8 Å². The summed E-state index contributed by atoms with van der Waals surface area (Å²) in [6, 6.07) is 8.47. The highest BCUT2D eigenvalue weighted by Gasteiger charge is 2.17. The van der Waals surface area contributed by atoms with Crippen LogP contribution in [0.1, 0.15) is 32.8 Å². The Morgan fingerprint density at radius 2 is 2.05 bits per heavy atom. The van der Waals surface area contributed by atoms with Gasteiger partial charge in [-0.1, -0.05) is 32.9 Å². The fraction of sp³-hybridized carbons (Fsp3) is 0.667. The molecule has 0 bridgehead atoms. The van der Waals surface area contributed by atoms with E-state index >= 15 is 0 Å². The molecular formula is C18H30N2O. The summed E-state index contributed by atoms with van der Waals surface area (Å²) in [6.07, 6.45) is 1.33. The van der Waals surface area contributed by atoms with Gasteiger partial charge in [-0.3, -0.25) is 4.90 Å². The zero-order valence-electron chi connectivity index (χ0n) is 13.8. The molecular weight excluding hydrogens is 260 g/mol. The van der Waals surface area contributed by atoms with E-state index in [9.17, 15) is 0 Å². The van der Waals surface area contributed by atoms with Gasteiger partial charge in [-0.15, -0.1) is 0 Å². The lowest BCUT2D eigenvalue weighted by molar-refractivity contribution is 0.234. The summed E-state index contributed by atoms with van der Waals surface area (Å²) in [4.78, 5) is 2.49. The zero-order valence-corrected chi connectivity index (χ0v) is 13.8. The standard InChI is InChI=1S/C18H30N2O/c1-15(2)12-19-13-17-4-6-18(7-5-17)21-11-10-20-9-8-16(3)14-20/h4-7,15-16,19H,8-14H2,1-3H3. The van der Waals surface area contributed by atoms with Crippen molar-refractivity contribution in [1.29, 1.82) is 0 Å². The van der Waals surface area contributed by atoms with Gasteiger partial charge in [0, 0.05) is 19.6 Å². The Labute approximate surface area is 129 Å². The smallest absolute Gasteiger partial charge is 0.119 e. The maximum atomic E-state index is 5.84. The molecule has 1 atom stereocenters. The first-order valence-corrected chi connectivity index (χ1v) is 8.28. The van der Waals surface area contributed by atoms with Crippen molar-refractivity contribution in [2.75, 3.05) is 32.8 Å². The third-order valence-corrected chi connectivity index (χ3v) is 3.99. The molecule has 1 aromatic carbocycles. The van der Waals surface area contributed by atoms with E-state index in [0.29, 0.717) is 5.92 Å². The van der Waals surface area contributed by atoms with Crippen molar-refractivity contribution >= 4 is 0 Å². The van der Waals surface area contributed by atoms with E-state index in [2.05, 4.69) is 55.3 Å².